The first-order valence-electron chi connectivity index (χ1n) is 9.50. The van der Waals surface area contributed by atoms with Crippen molar-refractivity contribution in [3.8, 4) is 22.5 Å². The maximum atomic E-state index is 4.62. The van der Waals surface area contributed by atoms with Gasteiger partial charge in [-0.2, -0.15) is 0 Å². The van der Waals surface area contributed by atoms with Gasteiger partial charge in [-0.25, -0.2) is 9.97 Å². The molecule has 29 heavy (non-hydrogen) atoms. The Morgan fingerprint density at radius 3 is 1.48 bits per heavy atom. The topological polar surface area (TPSA) is 58.0 Å². The number of rotatable bonds is 4. The van der Waals surface area contributed by atoms with Crippen molar-refractivity contribution in [2.24, 2.45) is 0 Å². The number of pyridine rings is 4. The third-order valence-corrected chi connectivity index (χ3v) is 4.87. The van der Waals surface area contributed by atoms with Crippen LogP contribution in [0.5, 0.6) is 0 Å². The van der Waals surface area contributed by atoms with E-state index in [2.05, 4.69) is 49.2 Å². The lowest BCUT2D eigenvalue weighted by Gasteiger charge is -2.18. The molecule has 0 aliphatic carbocycles. The van der Waals surface area contributed by atoms with Crippen molar-refractivity contribution in [2.45, 2.75) is 0 Å². The van der Waals surface area contributed by atoms with Gasteiger partial charge in [0.15, 0.2) is 0 Å². The summed E-state index contributed by atoms with van der Waals surface area (Å²) in [6, 6.07) is 19.9. The van der Waals surface area contributed by atoms with Crippen LogP contribution in [-0.4, -0.2) is 40.6 Å². The molecule has 0 amide bonds. The molecule has 7 heteroatoms. The van der Waals surface area contributed by atoms with E-state index in [1.165, 1.54) is 0 Å². The van der Waals surface area contributed by atoms with Crippen molar-refractivity contribution in [3.05, 3.63) is 85.5 Å². The third kappa shape index (κ3) is 3.67. The lowest BCUT2D eigenvalue weighted by molar-refractivity contribution is 0.993. The highest BCUT2D eigenvalue weighted by molar-refractivity contribution is 6.47. The molecule has 0 aromatic carbocycles. The second kappa shape index (κ2) is 7.71. The fourth-order valence-corrected chi connectivity index (χ4v) is 3.33. The van der Waals surface area contributed by atoms with Crippen molar-refractivity contribution in [3.63, 3.8) is 0 Å². The molecule has 5 rings (SSSR count). The number of nitrogens with zero attached hydrogens (tertiary/aromatic N) is 6. The minimum atomic E-state index is 0.861. The van der Waals surface area contributed by atoms with Crippen LogP contribution in [-0.2, 0) is 0 Å². The van der Waals surface area contributed by atoms with E-state index < -0.39 is 0 Å². The fraction of sp³-hybridized carbons (Fsp3) is 0.0909. The highest BCUT2D eigenvalue weighted by Gasteiger charge is 2.25. The summed E-state index contributed by atoms with van der Waals surface area (Å²) >= 11 is 0. The zero-order chi connectivity index (χ0) is 19.5. The predicted molar refractivity (Wildman–Crippen MR) is 115 cm³/mol. The Hall–Kier alpha value is -3.74. The Balaban J connectivity index is 1.28. The van der Waals surface area contributed by atoms with Crippen molar-refractivity contribution >= 4 is 19.2 Å². The average Bonchev–Trinajstić information content (AvgIpc) is 3.31. The Kier molecular flexibility index (Phi) is 4.62. The van der Waals surface area contributed by atoms with E-state index in [9.17, 15) is 0 Å². The minimum absolute atomic E-state index is 0.861. The van der Waals surface area contributed by atoms with Crippen LogP contribution in [0.3, 0.4) is 0 Å². The summed E-state index contributed by atoms with van der Waals surface area (Å²) < 4.78 is 0. The van der Waals surface area contributed by atoms with Crippen LogP contribution in [0.4, 0.5) is 11.6 Å². The Morgan fingerprint density at radius 2 is 1.10 bits per heavy atom. The standard InChI is InChI=1S/C22H18BN6/c1-3-11-24-19(5-1)17-7-9-21(26-15-17)28-13-14-29(23-28)22-10-8-18(16-27-22)20-6-2-4-12-25-20/h1-12,15-16H,13-14H2. The van der Waals surface area contributed by atoms with Crippen LogP contribution in [0.1, 0.15) is 0 Å². The number of hydrogen-bond donors (Lipinski definition) is 0. The molecule has 0 spiro atoms. The van der Waals surface area contributed by atoms with Gasteiger partial charge in [-0.15, -0.1) is 0 Å². The van der Waals surface area contributed by atoms with Crippen LogP contribution >= 0.6 is 0 Å². The third-order valence-electron chi connectivity index (χ3n) is 4.87. The van der Waals surface area contributed by atoms with Gasteiger partial charge in [-0.3, -0.25) is 9.97 Å². The van der Waals surface area contributed by atoms with E-state index in [0.29, 0.717) is 0 Å². The normalized spacial score (nSPS) is 13.4. The van der Waals surface area contributed by atoms with Gasteiger partial charge in [-0.05, 0) is 48.5 Å². The smallest absolute Gasteiger partial charge is 0.382 e. The van der Waals surface area contributed by atoms with E-state index in [0.717, 1.165) is 47.2 Å². The van der Waals surface area contributed by atoms with Crippen LogP contribution in [0, 0.1) is 0 Å². The SMILES string of the molecule is [B]1N(c2ccc(-c3ccccn3)cn2)CCN1c1ccc(-c2ccccn2)cn1. The first-order valence-corrected chi connectivity index (χ1v) is 9.50. The van der Waals surface area contributed by atoms with E-state index in [4.69, 9.17) is 0 Å². The number of hydrogen-bond acceptors (Lipinski definition) is 6. The first kappa shape index (κ1) is 17.4. The highest BCUT2D eigenvalue weighted by atomic mass is 15.3. The first-order chi connectivity index (χ1) is 14.4. The predicted octanol–water partition coefficient (Wildman–Crippen LogP) is 3.46. The summed E-state index contributed by atoms with van der Waals surface area (Å²) in [5.74, 6) is 1.83. The van der Waals surface area contributed by atoms with Gasteiger partial charge in [0, 0.05) is 49.0 Å². The maximum Gasteiger partial charge on any atom is 0.394 e. The van der Waals surface area contributed by atoms with Gasteiger partial charge in [0.2, 0.25) is 0 Å². The molecule has 0 N–H and O–H groups in total. The Labute approximate surface area is 170 Å². The summed E-state index contributed by atoms with van der Waals surface area (Å²) in [6.07, 6.45) is 7.32. The zero-order valence-electron chi connectivity index (χ0n) is 15.8. The molecule has 0 saturated carbocycles. The molecule has 6 nitrogen and oxygen atoms in total. The zero-order valence-corrected chi connectivity index (χ0v) is 15.8. The van der Waals surface area contributed by atoms with Crippen LogP contribution in [0.2, 0.25) is 0 Å². The molecule has 1 aliphatic rings. The number of aromatic nitrogens is 4. The quantitative estimate of drug-likeness (QED) is 0.508. The van der Waals surface area contributed by atoms with E-state index >= 15 is 0 Å². The van der Waals surface area contributed by atoms with Crippen molar-refractivity contribution < 1.29 is 0 Å². The maximum absolute atomic E-state index is 4.62. The van der Waals surface area contributed by atoms with Gasteiger partial charge >= 0.3 is 7.55 Å². The van der Waals surface area contributed by atoms with Crippen molar-refractivity contribution in [1.82, 2.24) is 19.9 Å². The van der Waals surface area contributed by atoms with Gasteiger partial charge in [0.1, 0.15) is 11.6 Å². The van der Waals surface area contributed by atoms with Gasteiger partial charge in [0.25, 0.3) is 0 Å². The van der Waals surface area contributed by atoms with Gasteiger partial charge in [-0.1, -0.05) is 12.1 Å². The monoisotopic (exact) mass is 377 g/mol. The van der Waals surface area contributed by atoms with Crippen molar-refractivity contribution in [2.75, 3.05) is 22.7 Å². The Bertz CT molecular complexity index is 983. The molecular formula is C22H18BN6. The van der Waals surface area contributed by atoms with Crippen LogP contribution in [0.15, 0.2) is 85.5 Å². The van der Waals surface area contributed by atoms with Gasteiger partial charge in [0.05, 0.1) is 11.4 Å². The molecule has 4 aromatic rings. The van der Waals surface area contributed by atoms with Crippen molar-refractivity contribution in [1.29, 1.82) is 0 Å². The fourth-order valence-electron chi connectivity index (χ4n) is 3.33. The second-order valence-electron chi connectivity index (χ2n) is 6.74. The summed E-state index contributed by atoms with van der Waals surface area (Å²) in [4.78, 5) is 22.3. The molecule has 5 heterocycles. The van der Waals surface area contributed by atoms with E-state index in [1.807, 2.05) is 60.9 Å². The molecule has 1 aliphatic heterocycles. The summed E-state index contributed by atoms with van der Waals surface area (Å²) in [6.45, 7) is 1.72. The average molecular weight is 377 g/mol. The summed E-state index contributed by atoms with van der Waals surface area (Å²) in [5.41, 5.74) is 3.88. The molecule has 0 unspecified atom stereocenters. The molecule has 1 radical (unpaired) electrons. The van der Waals surface area contributed by atoms with Gasteiger partial charge < -0.3 is 9.62 Å². The Morgan fingerprint density at radius 1 is 0.586 bits per heavy atom. The highest BCUT2D eigenvalue weighted by Crippen LogP contribution is 2.23. The second-order valence-corrected chi connectivity index (χ2v) is 6.74. The lowest BCUT2D eigenvalue weighted by atomic mass is 10.1. The molecule has 1 saturated heterocycles. The molecule has 0 atom stereocenters. The summed E-state index contributed by atoms with van der Waals surface area (Å²) in [5, 5.41) is 0. The molecule has 139 valence electrons. The molecule has 1 fully saturated rings. The number of anilines is 2. The molecule has 0 bridgehead atoms. The largest absolute Gasteiger partial charge is 0.394 e. The summed E-state index contributed by atoms with van der Waals surface area (Å²) in [7, 11) is 2.06. The van der Waals surface area contributed by atoms with Crippen LogP contribution < -0.4 is 9.62 Å². The van der Waals surface area contributed by atoms with E-state index in [1.54, 1.807) is 12.4 Å². The molecule has 4 aromatic heterocycles. The molecular weight excluding hydrogens is 359 g/mol. The lowest BCUT2D eigenvalue weighted by Crippen LogP contribution is -2.30. The van der Waals surface area contributed by atoms with E-state index in [-0.39, 0.29) is 0 Å². The minimum Gasteiger partial charge on any atom is -0.382 e. The van der Waals surface area contributed by atoms with Crippen LogP contribution in [0.25, 0.3) is 22.5 Å².